The minimum absolute atomic E-state index is 0.0578. The first-order valence-electron chi connectivity index (χ1n) is 14.9. The van der Waals surface area contributed by atoms with Gasteiger partial charge >= 0.3 is 11.7 Å². The standard InChI is InChI=1S/C33H29BrN4O11S/c1-6-47-25-15-19(8-10-24(25)45-4)29-28(32(40)48-7-2)17(3)35-33-36(29)31(39)27(50-33)14-18-12-21(34)30(26(13-18)46-5)49-23-11-9-20(37(41)42)16-22(23)38(43)44/h8-16,29H,6-7H2,1-5H3/b27-14-/t29-/m0/s1. The van der Waals surface area contributed by atoms with Crippen molar-refractivity contribution in [1.82, 2.24) is 4.57 Å². The van der Waals surface area contributed by atoms with Crippen LogP contribution in [0.2, 0.25) is 0 Å². The fraction of sp³-hybridized carbons (Fsp3) is 0.242. The lowest BCUT2D eigenvalue weighted by Crippen LogP contribution is -2.40. The number of benzene rings is 3. The molecule has 5 rings (SSSR count). The van der Waals surface area contributed by atoms with Crippen molar-refractivity contribution >= 4 is 50.7 Å². The van der Waals surface area contributed by atoms with Gasteiger partial charge in [-0.3, -0.25) is 29.6 Å². The summed E-state index contributed by atoms with van der Waals surface area (Å²) in [7, 11) is 2.88. The monoisotopic (exact) mass is 768 g/mol. The molecule has 0 saturated heterocycles. The van der Waals surface area contributed by atoms with Crippen molar-refractivity contribution in [3.8, 4) is 28.7 Å². The van der Waals surface area contributed by atoms with Crippen molar-refractivity contribution in [2.75, 3.05) is 27.4 Å². The van der Waals surface area contributed by atoms with Crippen LogP contribution in [-0.4, -0.2) is 47.8 Å². The fourth-order valence-electron chi connectivity index (χ4n) is 5.27. The molecule has 0 spiro atoms. The molecule has 4 aromatic rings. The molecular formula is C33H29BrN4O11S. The van der Waals surface area contributed by atoms with E-state index >= 15 is 0 Å². The highest BCUT2D eigenvalue weighted by Crippen LogP contribution is 2.43. The molecule has 0 radical (unpaired) electrons. The molecule has 260 valence electrons. The lowest BCUT2D eigenvalue weighted by Gasteiger charge is -2.25. The highest BCUT2D eigenvalue weighted by molar-refractivity contribution is 9.10. The van der Waals surface area contributed by atoms with Crippen LogP contribution in [0.15, 0.2) is 74.1 Å². The van der Waals surface area contributed by atoms with Crippen molar-refractivity contribution in [3.05, 3.63) is 115 Å². The third-order valence-electron chi connectivity index (χ3n) is 7.43. The van der Waals surface area contributed by atoms with Crippen LogP contribution in [0.1, 0.15) is 37.9 Å². The predicted molar refractivity (Wildman–Crippen MR) is 185 cm³/mol. The lowest BCUT2D eigenvalue weighted by molar-refractivity contribution is -0.394. The number of hydrogen-bond donors (Lipinski definition) is 0. The van der Waals surface area contributed by atoms with E-state index in [1.54, 1.807) is 50.3 Å². The van der Waals surface area contributed by atoms with E-state index in [0.29, 0.717) is 44.2 Å². The van der Waals surface area contributed by atoms with E-state index in [4.69, 9.17) is 23.7 Å². The van der Waals surface area contributed by atoms with Gasteiger partial charge in [-0.1, -0.05) is 17.4 Å². The van der Waals surface area contributed by atoms with Gasteiger partial charge in [-0.05, 0) is 84.2 Å². The summed E-state index contributed by atoms with van der Waals surface area (Å²) in [6, 6.07) is 10.4. The normalized spacial score (nSPS) is 14.0. The van der Waals surface area contributed by atoms with Crippen molar-refractivity contribution in [2.24, 2.45) is 4.99 Å². The number of nitro benzene ring substituents is 2. The summed E-state index contributed by atoms with van der Waals surface area (Å²) in [6.07, 6.45) is 1.61. The van der Waals surface area contributed by atoms with E-state index in [2.05, 4.69) is 20.9 Å². The SMILES string of the molecule is CCOC(=O)C1=C(C)N=c2s/c(=C\c3cc(Br)c(Oc4ccc([N+](=O)[O-])cc4[N+](=O)[O-])c(OC)c3)c(=O)n2[C@H]1c1ccc(OC)c(OCC)c1. The zero-order valence-corrected chi connectivity index (χ0v) is 29.7. The Morgan fingerprint density at radius 3 is 2.34 bits per heavy atom. The van der Waals surface area contributed by atoms with Gasteiger partial charge in [-0.25, -0.2) is 9.79 Å². The number of methoxy groups -OCH3 is 2. The molecule has 0 amide bonds. The third kappa shape index (κ3) is 6.95. The third-order valence-corrected chi connectivity index (χ3v) is 9.00. The Balaban J connectivity index is 1.63. The molecule has 1 aliphatic rings. The van der Waals surface area contributed by atoms with E-state index in [-0.39, 0.29) is 34.0 Å². The summed E-state index contributed by atoms with van der Waals surface area (Å²) < 4.78 is 30.0. The number of non-ortho nitro benzene ring substituents is 1. The van der Waals surface area contributed by atoms with Crippen LogP contribution in [0.25, 0.3) is 6.08 Å². The Bertz CT molecular complexity index is 2250. The van der Waals surface area contributed by atoms with Gasteiger partial charge in [0.15, 0.2) is 27.8 Å². The number of carbonyl (C=O) groups excluding carboxylic acids is 1. The first kappa shape index (κ1) is 35.7. The lowest BCUT2D eigenvalue weighted by atomic mass is 9.95. The number of thiazole rings is 1. The van der Waals surface area contributed by atoms with Crippen LogP contribution < -0.4 is 33.8 Å². The largest absolute Gasteiger partial charge is 0.493 e. The highest BCUT2D eigenvalue weighted by atomic mass is 79.9. The maximum absolute atomic E-state index is 14.2. The smallest absolute Gasteiger partial charge is 0.338 e. The van der Waals surface area contributed by atoms with E-state index in [1.165, 1.54) is 18.8 Å². The molecule has 0 bridgehead atoms. The summed E-state index contributed by atoms with van der Waals surface area (Å²) in [5.41, 5.74) is 0.136. The van der Waals surface area contributed by atoms with E-state index in [9.17, 15) is 29.8 Å². The van der Waals surface area contributed by atoms with E-state index in [1.807, 2.05) is 6.92 Å². The summed E-state index contributed by atoms with van der Waals surface area (Å²) in [5.74, 6) is 0.259. The number of rotatable bonds is 12. The van der Waals surface area contributed by atoms with Gasteiger partial charge in [0.05, 0.1) is 69.7 Å². The first-order valence-corrected chi connectivity index (χ1v) is 16.5. The summed E-state index contributed by atoms with van der Waals surface area (Å²) in [4.78, 5) is 53.7. The average Bonchev–Trinajstić information content (AvgIpc) is 3.38. The Morgan fingerprint density at radius 1 is 0.980 bits per heavy atom. The average molecular weight is 770 g/mol. The van der Waals surface area contributed by atoms with Crippen LogP contribution in [0.5, 0.6) is 28.7 Å². The zero-order valence-electron chi connectivity index (χ0n) is 27.3. The zero-order chi connectivity index (χ0) is 36.3. The van der Waals surface area contributed by atoms with Gasteiger partial charge in [0.1, 0.15) is 0 Å². The molecule has 1 atom stereocenters. The quantitative estimate of drug-likeness (QED) is 0.0995. The number of carbonyl (C=O) groups is 1. The minimum atomic E-state index is -0.896. The number of halogens is 1. The van der Waals surface area contributed by atoms with E-state index in [0.717, 1.165) is 29.5 Å². The molecule has 0 unspecified atom stereocenters. The van der Waals surface area contributed by atoms with Crippen molar-refractivity contribution in [3.63, 3.8) is 0 Å². The highest BCUT2D eigenvalue weighted by Gasteiger charge is 2.34. The molecule has 0 N–H and O–H groups in total. The fourth-order valence-corrected chi connectivity index (χ4v) is 6.86. The molecule has 15 nitrogen and oxygen atoms in total. The predicted octanol–water partition coefficient (Wildman–Crippen LogP) is 5.59. The second-order valence-corrected chi connectivity index (χ2v) is 12.3. The molecule has 50 heavy (non-hydrogen) atoms. The van der Waals surface area contributed by atoms with Crippen LogP contribution in [0, 0.1) is 20.2 Å². The molecule has 1 aliphatic heterocycles. The molecule has 2 heterocycles. The second kappa shape index (κ2) is 14.9. The second-order valence-electron chi connectivity index (χ2n) is 10.4. The number of nitrogens with zero attached hydrogens (tertiary/aromatic N) is 4. The number of aromatic nitrogens is 1. The summed E-state index contributed by atoms with van der Waals surface area (Å²) >= 11 is 4.53. The number of esters is 1. The van der Waals surface area contributed by atoms with Gasteiger partial charge in [0.2, 0.25) is 5.75 Å². The Morgan fingerprint density at radius 2 is 1.70 bits per heavy atom. The van der Waals surface area contributed by atoms with Gasteiger partial charge < -0.3 is 23.7 Å². The van der Waals surface area contributed by atoms with Crippen LogP contribution in [0.4, 0.5) is 11.4 Å². The number of nitro groups is 2. The Hall–Kier alpha value is -5.55. The number of allylic oxidation sites excluding steroid dienone is 1. The molecule has 1 aromatic heterocycles. The van der Waals surface area contributed by atoms with Crippen LogP contribution in [0.3, 0.4) is 0 Å². The minimum Gasteiger partial charge on any atom is -0.493 e. The van der Waals surface area contributed by atoms with Gasteiger partial charge in [0.25, 0.3) is 11.2 Å². The van der Waals surface area contributed by atoms with Crippen molar-refractivity contribution in [2.45, 2.75) is 26.8 Å². The van der Waals surface area contributed by atoms with Crippen molar-refractivity contribution in [1.29, 1.82) is 0 Å². The van der Waals surface area contributed by atoms with Crippen LogP contribution in [-0.2, 0) is 9.53 Å². The summed E-state index contributed by atoms with van der Waals surface area (Å²) in [6.45, 7) is 5.67. The molecule has 0 aliphatic carbocycles. The maximum atomic E-state index is 14.2. The molecule has 0 saturated carbocycles. The number of ether oxygens (including phenoxy) is 5. The Kier molecular flexibility index (Phi) is 10.7. The Labute approximate surface area is 296 Å². The van der Waals surface area contributed by atoms with Crippen LogP contribution >= 0.6 is 27.3 Å². The van der Waals surface area contributed by atoms with Gasteiger partial charge in [0, 0.05) is 6.07 Å². The van der Waals surface area contributed by atoms with Crippen molar-refractivity contribution < 1.29 is 38.3 Å². The maximum Gasteiger partial charge on any atom is 0.338 e. The molecule has 0 fully saturated rings. The van der Waals surface area contributed by atoms with Gasteiger partial charge in [-0.2, -0.15) is 0 Å². The number of fused-ring (bicyclic) bond motifs is 1. The van der Waals surface area contributed by atoms with Gasteiger partial charge in [-0.15, -0.1) is 0 Å². The molecule has 3 aromatic carbocycles. The number of hydrogen-bond acceptors (Lipinski definition) is 13. The summed E-state index contributed by atoms with van der Waals surface area (Å²) in [5, 5.41) is 22.8. The topological polar surface area (TPSA) is 184 Å². The molecular weight excluding hydrogens is 740 g/mol. The van der Waals surface area contributed by atoms with E-state index < -0.39 is 38.8 Å². The first-order chi connectivity index (χ1) is 23.9. The molecule has 17 heteroatoms.